The molecule has 1 N–H and O–H groups in total. The van der Waals surface area contributed by atoms with Crippen LogP contribution in [-0.4, -0.2) is 42.2 Å². The molecule has 0 bridgehead atoms. The number of ether oxygens (including phenoxy) is 1. The lowest BCUT2D eigenvalue weighted by molar-refractivity contribution is 0.0135. The smallest absolute Gasteiger partial charge is 0.0803 e. The number of benzene rings is 1. The molecule has 1 saturated heterocycles. The Hall–Kier alpha value is -0.970. The molecule has 1 aromatic rings. The van der Waals surface area contributed by atoms with Crippen molar-refractivity contribution >= 4 is 17.2 Å². The predicted molar refractivity (Wildman–Crippen MR) is 89.4 cm³/mol. The van der Waals surface area contributed by atoms with Gasteiger partial charge >= 0.3 is 0 Å². The van der Waals surface area contributed by atoms with Crippen molar-refractivity contribution in [1.29, 1.82) is 0 Å². The second-order valence-electron chi connectivity index (χ2n) is 5.96. The standard InChI is InChI=1S/C17H24N2OS/c21-17(18-13-14-5-2-1-3-6-14)15-7-4-8-16(15)19-9-11-20-12-10-19/h1-3,5-6,15-16H,4,7-13H2,(H,18,21)/t15-,16-/m0/s1. The third-order valence-electron chi connectivity index (χ3n) is 4.64. The van der Waals surface area contributed by atoms with Crippen molar-refractivity contribution in [2.24, 2.45) is 5.92 Å². The Bertz CT molecular complexity index is 459. The fraction of sp³-hybridized carbons (Fsp3) is 0.588. The quantitative estimate of drug-likeness (QED) is 0.864. The number of rotatable bonds is 4. The van der Waals surface area contributed by atoms with Crippen molar-refractivity contribution in [3.8, 4) is 0 Å². The van der Waals surface area contributed by atoms with Gasteiger partial charge in [-0.3, -0.25) is 4.90 Å². The van der Waals surface area contributed by atoms with Crippen LogP contribution in [0.4, 0.5) is 0 Å². The van der Waals surface area contributed by atoms with Crippen LogP contribution in [0.1, 0.15) is 24.8 Å². The molecule has 4 heteroatoms. The molecule has 0 unspecified atom stereocenters. The van der Waals surface area contributed by atoms with E-state index in [-0.39, 0.29) is 0 Å². The third-order valence-corrected chi connectivity index (χ3v) is 5.09. The molecule has 0 radical (unpaired) electrons. The van der Waals surface area contributed by atoms with Crippen LogP contribution in [0, 0.1) is 5.92 Å². The molecule has 3 nitrogen and oxygen atoms in total. The van der Waals surface area contributed by atoms with Crippen molar-refractivity contribution in [1.82, 2.24) is 10.2 Å². The van der Waals surface area contributed by atoms with E-state index in [1.807, 2.05) is 6.07 Å². The lowest BCUT2D eigenvalue weighted by atomic mass is 10.0. The van der Waals surface area contributed by atoms with Gasteiger partial charge in [0.1, 0.15) is 0 Å². The number of morpholine rings is 1. The first kappa shape index (κ1) is 14.9. The minimum atomic E-state index is 0.516. The molecular formula is C17H24N2OS. The maximum Gasteiger partial charge on any atom is 0.0803 e. The molecule has 2 aliphatic rings. The van der Waals surface area contributed by atoms with Crippen molar-refractivity contribution in [2.75, 3.05) is 26.3 Å². The second-order valence-corrected chi connectivity index (χ2v) is 6.40. The van der Waals surface area contributed by atoms with E-state index in [2.05, 4.69) is 34.5 Å². The van der Waals surface area contributed by atoms with Gasteiger partial charge in [0.25, 0.3) is 0 Å². The summed E-state index contributed by atoms with van der Waals surface area (Å²) in [5.41, 5.74) is 1.29. The van der Waals surface area contributed by atoms with E-state index in [4.69, 9.17) is 17.0 Å². The van der Waals surface area contributed by atoms with E-state index >= 15 is 0 Å². The van der Waals surface area contributed by atoms with Gasteiger partial charge in [0, 0.05) is 31.6 Å². The predicted octanol–water partition coefficient (Wildman–Crippen LogP) is 2.60. The molecule has 2 atom stereocenters. The zero-order chi connectivity index (χ0) is 14.5. The second kappa shape index (κ2) is 7.34. The Labute approximate surface area is 132 Å². The molecule has 2 fully saturated rings. The highest BCUT2D eigenvalue weighted by Crippen LogP contribution is 2.31. The van der Waals surface area contributed by atoms with E-state index in [1.54, 1.807) is 0 Å². The Kier molecular flexibility index (Phi) is 5.22. The molecule has 21 heavy (non-hydrogen) atoms. The van der Waals surface area contributed by atoms with Crippen LogP contribution in [0.3, 0.4) is 0 Å². The summed E-state index contributed by atoms with van der Waals surface area (Å²) in [6.07, 6.45) is 3.79. The summed E-state index contributed by atoms with van der Waals surface area (Å²) in [5.74, 6) is 0.516. The number of nitrogens with one attached hydrogen (secondary N) is 1. The first-order valence-electron chi connectivity index (χ1n) is 7.98. The summed E-state index contributed by atoms with van der Waals surface area (Å²) in [6.45, 7) is 4.69. The zero-order valence-electron chi connectivity index (χ0n) is 12.5. The average Bonchev–Trinajstić information content (AvgIpc) is 3.04. The molecule has 0 spiro atoms. The van der Waals surface area contributed by atoms with Crippen molar-refractivity contribution in [2.45, 2.75) is 31.8 Å². The minimum Gasteiger partial charge on any atom is -0.379 e. The molecule has 1 saturated carbocycles. The number of hydrogen-bond donors (Lipinski definition) is 1. The van der Waals surface area contributed by atoms with Gasteiger partial charge in [-0.25, -0.2) is 0 Å². The summed E-state index contributed by atoms with van der Waals surface area (Å²) in [7, 11) is 0. The largest absolute Gasteiger partial charge is 0.379 e. The molecule has 1 heterocycles. The van der Waals surface area contributed by atoms with E-state index < -0.39 is 0 Å². The van der Waals surface area contributed by atoms with Gasteiger partial charge < -0.3 is 10.1 Å². The molecule has 3 rings (SSSR count). The van der Waals surface area contributed by atoms with Crippen LogP contribution in [0.5, 0.6) is 0 Å². The molecule has 0 amide bonds. The normalized spacial score (nSPS) is 26.7. The van der Waals surface area contributed by atoms with E-state index in [0.29, 0.717) is 12.0 Å². The van der Waals surface area contributed by atoms with Gasteiger partial charge in [-0.1, -0.05) is 49.0 Å². The minimum absolute atomic E-state index is 0.516. The molecule has 1 aliphatic heterocycles. The van der Waals surface area contributed by atoms with Crippen LogP contribution in [0.15, 0.2) is 30.3 Å². The highest BCUT2D eigenvalue weighted by atomic mass is 32.1. The number of nitrogens with zero attached hydrogens (tertiary/aromatic N) is 1. The van der Waals surface area contributed by atoms with Crippen molar-refractivity contribution in [3.63, 3.8) is 0 Å². The van der Waals surface area contributed by atoms with Crippen LogP contribution < -0.4 is 5.32 Å². The summed E-state index contributed by atoms with van der Waals surface area (Å²) in [6, 6.07) is 11.1. The summed E-state index contributed by atoms with van der Waals surface area (Å²) >= 11 is 5.69. The Balaban J connectivity index is 1.55. The monoisotopic (exact) mass is 304 g/mol. The zero-order valence-corrected chi connectivity index (χ0v) is 13.3. The third kappa shape index (κ3) is 3.82. The molecular weight excluding hydrogens is 280 g/mol. The van der Waals surface area contributed by atoms with E-state index in [9.17, 15) is 0 Å². The summed E-state index contributed by atoms with van der Waals surface area (Å²) in [5, 5.41) is 3.48. The van der Waals surface area contributed by atoms with Gasteiger partial charge in [0.15, 0.2) is 0 Å². The molecule has 1 aromatic carbocycles. The summed E-state index contributed by atoms with van der Waals surface area (Å²) < 4.78 is 5.47. The van der Waals surface area contributed by atoms with Gasteiger partial charge in [-0.2, -0.15) is 0 Å². The Morgan fingerprint density at radius 3 is 2.71 bits per heavy atom. The topological polar surface area (TPSA) is 24.5 Å². The molecule has 1 aliphatic carbocycles. The Morgan fingerprint density at radius 1 is 1.19 bits per heavy atom. The van der Waals surface area contributed by atoms with E-state index in [1.165, 1.54) is 24.8 Å². The highest BCUT2D eigenvalue weighted by molar-refractivity contribution is 7.80. The number of thiocarbonyl (C=S) groups is 1. The maximum absolute atomic E-state index is 5.69. The fourth-order valence-electron chi connectivity index (χ4n) is 3.51. The SMILES string of the molecule is S=C(NCc1ccccc1)[C@H]1CCC[C@@H]1N1CCOCC1. The highest BCUT2D eigenvalue weighted by Gasteiger charge is 2.35. The van der Waals surface area contributed by atoms with E-state index in [0.717, 1.165) is 37.8 Å². The van der Waals surface area contributed by atoms with Crippen LogP contribution in [-0.2, 0) is 11.3 Å². The van der Waals surface area contributed by atoms with Crippen molar-refractivity contribution in [3.05, 3.63) is 35.9 Å². The molecule has 114 valence electrons. The van der Waals surface area contributed by atoms with Crippen molar-refractivity contribution < 1.29 is 4.74 Å². The van der Waals surface area contributed by atoms with Gasteiger partial charge in [0.2, 0.25) is 0 Å². The fourth-order valence-corrected chi connectivity index (χ4v) is 3.86. The first-order valence-corrected chi connectivity index (χ1v) is 8.39. The Morgan fingerprint density at radius 2 is 1.95 bits per heavy atom. The maximum atomic E-state index is 5.69. The van der Waals surface area contributed by atoms with Crippen LogP contribution in [0.2, 0.25) is 0 Å². The first-order chi connectivity index (χ1) is 10.3. The van der Waals surface area contributed by atoms with Gasteiger partial charge in [-0.05, 0) is 18.4 Å². The summed E-state index contributed by atoms with van der Waals surface area (Å²) in [4.78, 5) is 3.63. The lowest BCUT2D eigenvalue weighted by Gasteiger charge is -2.36. The van der Waals surface area contributed by atoms with Crippen LogP contribution in [0.25, 0.3) is 0 Å². The van der Waals surface area contributed by atoms with Gasteiger partial charge in [0.05, 0.1) is 18.2 Å². The van der Waals surface area contributed by atoms with Gasteiger partial charge in [-0.15, -0.1) is 0 Å². The number of hydrogen-bond acceptors (Lipinski definition) is 3. The molecule has 0 aromatic heterocycles. The lowest BCUT2D eigenvalue weighted by Crippen LogP contribution is -2.48. The average molecular weight is 304 g/mol. The van der Waals surface area contributed by atoms with Crippen LogP contribution >= 0.6 is 12.2 Å².